The average Bonchev–Trinajstić information content (AvgIpc) is 3.39. The van der Waals surface area contributed by atoms with Gasteiger partial charge in [-0.2, -0.15) is 0 Å². The third kappa shape index (κ3) is 5.07. The van der Waals surface area contributed by atoms with Crippen LogP contribution in [0.3, 0.4) is 0 Å². The van der Waals surface area contributed by atoms with Crippen LogP contribution in [0, 0.1) is 0 Å². The Hall–Kier alpha value is -4.59. The standard InChI is InChI=1S/C28H27N5O3/c1-2-33(17-19-6-4-3-5-7-19)27(34)23-16-31-28(32-26(23)21-9-11-22(29)12-10-21)30-15-20-8-13-24-25(14-20)36-18-35-24/h3-14,16H,2,15,17-18,29H2,1H3,(H,30,31,32). The zero-order chi connectivity index (χ0) is 24.9. The number of nitrogen functional groups attached to an aromatic ring is 1. The molecule has 0 unspecified atom stereocenters. The van der Waals surface area contributed by atoms with Crippen molar-refractivity contribution in [2.75, 3.05) is 24.4 Å². The van der Waals surface area contributed by atoms with Crippen molar-refractivity contribution in [2.45, 2.75) is 20.0 Å². The van der Waals surface area contributed by atoms with Crippen LogP contribution in [0.15, 0.2) is 79.0 Å². The minimum Gasteiger partial charge on any atom is -0.454 e. The molecular formula is C28H27N5O3. The number of amides is 1. The monoisotopic (exact) mass is 481 g/mol. The predicted octanol–water partition coefficient (Wildman–Crippen LogP) is 4.73. The molecule has 3 aromatic carbocycles. The molecule has 0 atom stereocenters. The van der Waals surface area contributed by atoms with Gasteiger partial charge in [-0.1, -0.05) is 48.5 Å². The molecule has 182 valence electrons. The van der Waals surface area contributed by atoms with Crippen LogP contribution in [-0.2, 0) is 13.1 Å². The van der Waals surface area contributed by atoms with Crippen molar-refractivity contribution in [3.63, 3.8) is 0 Å². The number of fused-ring (bicyclic) bond motifs is 1. The van der Waals surface area contributed by atoms with E-state index in [1.807, 2.05) is 67.6 Å². The van der Waals surface area contributed by atoms with E-state index in [2.05, 4.69) is 10.3 Å². The second-order valence-corrected chi connectivity index (χ2v) is 8.42. The van der Waals surface area contributed by atoms with E-state index in [0.717, 1.165) is 28.2 Å². The average molecular weight is 482 g/mol. The molecule has 1 aliphatic heterocycles. The molecule has 36 heavy (non-hydrogen) atoms. The summed E-state index contributed by atoms with van der Waals surface area (Å²) in [6.45, 7) is 3.74. The second-order valence-electron chi connectivity index (χ2n) is 8.42. The molecule has 1 aliphatic rings. The lowest BCUT2D eigenvalue weighted by Crippen LogP contribution is -2.31. The molecule has 0 fully saturated rings. The van der Waals surface area contributed by atoms with E-state index in [1.165, 1.54) is 0 Å². The fourth-order valence-corrected chi connectivity index (χ4v) is 4.02. The summed E-state index contributed by atoms with van der Waals surface area (Å²) in [5, 5.41) is 3.25. The van der Waals surface area contributed by atoms with E-state index in [-0.39, 0.29) is 12.7 Å². The first-order valence-electron chi connectivity index (χ1n) is 11.8. The van der Waals surface area contributed by atoms with E-state index in [1.54, 1.807) is 23.2 Å². The third-order valence-electron chi connectivity index (χ3n) is 5.98. The van der Waals surface area contributed by atoms with Crippen LogP contribution in [0.1, 0.15) is 28.4 Å². The van der Waals surface area contributed by atoms with Gasteiger partial charge in [0.2, 0.25) is 12.7 Å². The number of nitrogens with zero attached hydrogens (tertiary/aromatic N) is 3. The quantitative estimate of drug-likeness (QED) is 0.351. The van der Waals surface area contributed by atoms with Crippen LogP contribution in [0.5, 0.6) is 11.5 Å². The van der Waals surface area contributed by atoms with Crippen molar-refractivity contribution >= 4 is 17.5 Å². The SMILES string of the molecule is CCN(Cc1ccccc1)C(=O)c1cnc(NCc2ccc3c(c2)OCO3)nc1-c1ccc(N)cc1. The summed E-state index contributed by atoms with van der Waals surface area (Å²) >= 11 is 0. The maximum absolute atomic E-state index is 13.6. The Balaban J connectivity index is 1.42. The maximum Gasteiger partial charge on any atom is 0.257 e. The minimum atomic E-state index is -0.129. The van der Waals surface area contributed by atoms with Crippen molar-refractivity contribution in [1.82, 2.24) is 14.9 Å². The van der Waals surface area contributed by atoms with E-state index in [4.69, 9.17) is 20.2 Å². The van der Waals surface area contributed by atoms with Crippen molar-refractivity contribution < 1.29 is 14.3 Å². The molecule has 1 aromatic heterocycles. The molecule has 3 N–H and O–H groups in total. The predicted molar refractivity (Wildman–Crippen MR) is 139 cm³/mol. The van der Waals surface area contributed by atoms with Crippen LogP contribution in [0.25, 0.3) is 11.3 Å². The lowest BCUT2D eigenvalue weighted by molar-refractivity contribution is 0.0752. The van der Waals surface area contributed by atoms with E-state index >= 15 is 0 Å². The summed E-state index contributed by atoms with van der Waals surface area (Å²) in [6, 6.07) is 23.0. The summed E-state index contributed by atoms with van der Waals surface area (Å²) < 4.78 is 10.8. The van der Waals surface area contributed by atoms with Gasteiger partial charge in [0.25, 0.3) is 5.91 Å². The van der Waals surface area contributed by atoms with E-state index in [9.17, 15) is 4.79 Å². The summed E-state index contributed by atoms with van der Waals surface area (Å²) in [5.74, 6) is 1.74. The first kappa shape index (κ1) is 23.2. The van der Waals surface area contributed by atoms with Crippen molar-refractivity contribution in [2.24, 2.45) is 0 Å². The van der Waals surface area contributed by atoms with Crippen LogP contribution >= 0.6 is 0 Å². The summed E-state index contributed by atoms with van der Waals surface area (Å²) in [7, 11) is 0. The Morgan fingerprint density at radius 1 is 1.00 bits per heavy atom. The van der Waals surface area contributed by atoms with Gasteiger partial charge in [-0.3, -0.25) is 4.79 Å². The first-order valence-corrected chi connectivity index (χ1v) is 11.8. The number of carbonyl (C=O) groups excluding carboxylic acids is 1. The smallest absolute Gasteiger partial charge is 0.257 e. The number of carbonyl (C=O) groups is 1. The Kier molecular flexibility index (Phi) is 6.66. The van der Waals surface area contributed by atoms with Gasteiger partial charge in [0.1, 0.15) is 0 Å². The molecule has 0 saturated carbocycles. The molecule has 0 bridgehead atoms. The number of hydrogen-bond donors (Lipinski definition) is 2. The van der Waals surface area contributed by atoms with Gasteiger partial charge in [0.05, 0.1) is 11.3 Å². The summed E-state index contributed by atoms with van der Waals surface area (Å²) in [6.07, 6.45) is 1.59. The number of benzene rings is 3. The maximum atomic E-state index is 13.6. The van der Waals surface area contributed by atoms with Crippen LogP contribution in [-0.4, -0.2) is 34.1 Å². The molecule has 4 aromatic rings. The number of rotatable bonds is 8. The molecule has 8 nitrogen and oxygen atoms in total. The number of nitrogens with two attached hydrogens (primary N) is 1. The topological polar surface area (TPSA) is 103 Å². The molecule has 0 aliphatic carbocycles. The number of ether oxygens (including phenoxy) is 2. The highest BCUT2D eigenvalue weighted by Gasteiger charge is 2.22. The molecule has 8 heteroatoms. The van der Waals surface area contributed by atoms with Gasteiger partial charge in [-0.15, -0.1) is 0 Å². The number of aromatic nitrogens is 2. The third-order valence-corrected chi connectivity index (χ3v) is 5.98. The van der Waals surface area contributed by atoms with E-state index in [0.29, 0.717) is 42.5 Å². The molecule has 0 spiro atoms. The summed E-state index contributed by atoms with van der Waals surface area (Å²) in [4.78, 5) is 24.6. The molecule has 0 saturated heterocycles. The fourth-order valence-electron chi connectivity index (χ4n) is 4.02. The lowest BCUT2D eigenvalue weighted by Gasteiger charge is -2.22. The highest BCUT2D eigenvalue weighted by atomic mass is 16.7. The van der Waals surface area contributed by atoms with Crippen LogP contribution < -0.4 is 20.5 Å². The fraction of sp³-hybridized carbons (Fsp3) is 0.179. The molecular weight excluding hydrogens is 454 g/mol. The van der Waals surface area contributed by atoms with Crippen molar-refractivity contribution in [3.05, 3.63) is 95.7 Å². The van der Waals surface area contributed by atoms with Crippen molar-refractivity contribution in [1.29, 1.82) is 0 Å². The van der Waals surface area contributed by atoms with Crippen LogP contribution in [0.2, 0.25) is 0 Å². The van der Waals surface area contributed by atoms with Crippen molar-refractivity contribution in [3.8, 4) is 22.8 Å². The zero-order valence-corrected chi connectivity index (χ0v) is 20.0. The molecule has 0 radical (unpaired) electrons. The minimum absolute atomic E-state index is 0.129. The highest BCUT2D eigenvalue weighted by molar-refractivity contribution is 5.99. The Labute approximate surface area is 209 Å². The highest BCUT2D eigenvalue weighted by Crippen LogP contribution is 2.32. The van der Waals surface area contributed by atoms with Gasteiger partial charge in [-0.05, 0) is 42.3 Å². The second kappa shape index (κ2) is 10.4. The number of anilines is 2. The largest absolute Gasteiger partial charge is 0.454 e. The Bertz CT molecular complexity index is 1360. The normalized spacial score (nSPS) is 11.8. The van der Waals surface area contributed by atoms with Gasteiger partial charge in [0.15, 0.2) is 11.5 Å². The van der Waals surface area contributed by atoms with Gasteiger partial charge in [0, 0.05) is 37.1 Å². The summed E-state index contributed by atoms with van der Waals surface area (Å²) in [5.41, 5.74) is 10.4. The Morgan fingerprint density at radius 3 is 2.56 bits per heavy atom. The number of nitrogens with one attached hydrogen (secondary N) is 1. The number of hydrogen-bond acceptors (Lipinski definition) is 7. The van der Waals surface area contributed by atoms with Crippen LogP contribution in [0.4, 0.5) is 11.6 Å². The first-order chi connectivity index (χ1) is 17.6. The lowest BCUT2D eigenvalue weighted by atomic mass is 10.1. The molecule has 5 rings (SSSR count). The molecule has 2 heterocycles. The molecule has 1 amide bonds. The van der Waals surface area contributed by atoms with Gasteiger partial charge in [-0.25, -0.2) is 9.97 Å². The van der Waals surface area contributed by atoms with E-state index < -0.39 is 0 Å². The van der Waals surface area contributed by atoms with Gasteiger partial charge < -0.3 is 25.4 Å². The zero-order valence-electron chi connectivity index (χ0n) is 20.0. The van der Waals surface area contributed by atoms with Gasteiger partial charge >= 0.3 is 0 Å². The Morgan fingerprint density at radius 2 is 1.78 bits per heavy atom.